The van der Waals surface area contributed by atoms with Gasteiger partial charge in [-0.3, -0.25) is 14.5 Å². The van der Waals surface area contributed by atoms with Gasteiger partial charge in [0.15, 0.2) is 11.5 Å². The Morgan fingerprint density at radius 3 is 2.53 bits per heavy atom. The number of hydrogen-bond acceptors (Lipinski definition) is 8. The Bertz CT molecular complexity index is 1170. The summed E-state index contributed by atoms with van der Waals surface area (Å²) < 4.78 is 15.8. The first-order valence-electron chi connectivity index (χ1n) is 11.2. The molecule has 11 nitrogen and oxygen atoms in total. The first-order chi connectivity index (χ1) is 17.3. The van der Waals surface area contributed by atoms with Crippen molar-refractivity contribution in [3.05, 3.63) is 72.7 Å². The summed E-state index contributed by atoms with van der Waals surface area (Å²) in [7, 11) is 0. The van der Waals surface area contributed by atoms with Gasteiger partial charge in [-0.2, -0.15) is 0 Å². The summed E-state index contributed by atoms with van der Waals surface area (Å²) in [6, 6.07) is 4.62. The summed E-state index contributed by atoms with van der Waals surface area (Å²) in [4.78, 5) is 53.5. The molecule has 2 atom stereocenters. The topological polar surface area (TPSA) is 135 Å². The lowest BCUT2D eigenvalue weighted by molar-refractivity contribution is -0.160. The molecule has 0 aliphatic carbocycles. The zero-order valence-corrected chi connectivity index (χ0v) is 19.3. The average Bonchev–Trinajstić information content (AvgIpc) is 3.24. The third kappa shape index (κ3) is 4.67. The Morgan fingerprint density at radius 2 is 1.83 bits per heavy atom. The Balaban J connectivity index is 1.59. The normalized spacial score (nSPS) is 21.9. The van der Waals surface area contributed by atoms with E-state index < -0.39 is 30.1 Å². The van der Waals surface area contributed by atoms with Crippen molar-refractivity contribution in [1.29, 1.82) is 0 Å². The first-order valence-corrected chi connectivity index (χ1v) is 11.2. The highest BCUT2D eigenvalue weighted by molar-refractivity contribution is 6.09. The van der Waals surface area contributed by atoms with Crippen molar-refractivity contribution in [2.24, 2.45) is 0 Å². The molecule has 2 saturated heterocycles. The predicted molar refractivity (Wildman–Crippen MR) is 126 cm³/mol. The van der Waals surface area contributed by atoms with E-state index in [1.165, 1.54) is 40.2 Å². The molecule has 0 spiro atoms. The van der Waals surface area contributed by atoms with Crippen molar-refractivity contribution in [3.63, 3.8) is 0 Å². The van der Waals surface area contributed by atoms with Crippen LogP contribution in [-0.2, 0) is 28.6 Å². The van der Waals surface area contributed by atoms with E-state index in [-0.39, 0.29) is 42.9 Å². The molecule has 0 radical (unpaired) electrons. The van der Waals surface area contributed by atoms with Crippen molar-refractivity contribution in [3.8, 4) is 5.75 Å². The van der Waals surface area contributed by atoms with Gasteiger partial charge in [0.1, 0.15) is 37.7 Å². The van der Waals surface area contributed by atoms with Crippen LogP contribution in [0.15, 0.2) is 72.7 Å². The van der Waals surface area contributed by atoms with Crippen molar-refractivity contribution >= 4 is 29.6 Å². The monoisotopic (exact) mass is 495 g/mol. The van der Waals surface area contributed by atoms with E-state index in [4.69, 9.17) is 14.2 Å². The smallest absolute Gasteiger partial charge is 0.408 e. The van der Waals surface area contributed by atoms with Crippen molar-refractivity contribution in [2.75, 3.05) is 31.3 Å². The third-order valence-corrected chi connectivity index (χ3v) is 5.83. The molecule has 0 aromatic heterocycles. The minimum Gasteiger partial charge on any atom is -0.508 e. The molecule has 3 aliphatic rings. The van der Waals surface area contributed by atoms with Crippen molar-refractivity contribution in [2.45, 2.75) is 18.5 Å². The number of amides is 3. The Kier molecular flexibility index (Phi) is 7.09. The number of aromatic hydroxyl groups is 1. The molecule has 4 rings (SSSR count). The Labute approximate surface area is 206 Å². The number of hydrogen-bond donors (Lipinski definition) is 2. The molecular formula is C25H25N3O8. The van der Waals surface area contributed by atoms with Crippen LogP contribution in [0.2, 0.25) is 0 Å². The summed E-state index contributed by atoms with van der Waals surface area (Å²) >= 11 is 0. The molecule has 2 N–H and O–H groups in total. The molecule has 188 valence electrons. The lowest BCUT2D eigenvalue weighted by atomic mass is 9.92. The van der Waals surface area contributed by atoms with Gasteiger partial charge in [0, 0.05) is 17.8 Å². The maximum atomic E-state index is 13.0. The highest BCUT2D eigenvalue weighted by Gasteiger charge is 2.55. The van der Waals surface area contributed by atoms with Crippen LogP contribution in [0.1, 0.15) is 6.42 Å². The molecular weight excluding hydrogens is 470 g/mol. The molecule has 2 fully saturated rings. The van der Waals surface area contributed by atoms with Crippen LogP contribution < -0.4 is 10.2 Å². The number of allylic oxidation sites excluding steroid dienone is 1. The fourth-order valence-corrected chi connectivity index (χ4v) is 4.11. The SMILES string of the molecule is C=CCOC(=O)N[C@@H]1C(=O)N2C(C(=O)OCC=C)=C(/C=C3\CCN(c4ccc(O)cc4)C3=O)OC[C@H]12. The summed E-state index contributed by atoms with van der Waals surface area (Å²) in [6.07, 6.45) is 3.79. The number of nitrogens with one attached hydrogen (secondary N) is 1. The molecule has 3 heterocycles. The molecule has 0 saturated carbocycles. The summed E-state index contributed by atoms with van der Waals surface area (Å²) in [5.74, 6) is -1.55. The van der Waals surface area contributed by atoms with E-state index >= 15 is 0 Å². The molecule has 1 aromatic carbocycles. The van der Waals surface area contributed by atoms with Gasteiger partial charge in [-0.05, 0) is 36.8 Å². The molecule has 0 bridgehead atoms. The number of anilines is 1. The van der Waals surface area contributed by atoms with Crippen LogP contribution >= 0.6 is 0 Å². The van der Waals surface area contributed by atoms with Gasteiger partial charge in [-0.1, -0.05) is 25.3 Å². The van der Waals surface area contributed by atoms with E-state index in [0.717, 1.165) is 0 Å². The van der Waals surface area contributed by atoms with Crippen molar-refractivity contribution in [1.82, 2.24) is 10.2 Å². The second-order valence-electron chi connectivity index (χ2n) is 8.09. The minimum atomic E-state index is -0.947. The van der Waals surface area contributed by atoms with Crippen LogP contribution in [-0.4, -0.2) is 72.3 Å². The van der Waals surface area contributed by atoms with E-state index in [0.29, 0.717) is 24.2 Å². The predicted octanol–water partition coefficient (Wildman–Crippen LogP) is 1.52. The van der Waals surface area contributed by atoms with E-state index in [1.54, 1.807) is 12.1 Å². The number of carbonyl (C=O) groups is 4. The van der Waals surface area contributed by atoms with Gasteiger partial charge < -0.3 is 29.5 Å². The maximum Gasteiger partial charge on any atom is 0.408 e. The van der Waals surface area contributed by atoms with Crippen LogP contribution in [0.5, 0.6) is 5.75 Å². The number of benzene rings is 1. The number of ether oxygens (including phenoxy) is 3. The van der Waals surface area contributed by atoms with Gasteiger partial charge in [-0.15, -0.1) is 0 Å². The third-order valence-electron chi connectivity index (χ3n) is 5.83. The highest BCUT2D eigenvalue weighted by atomic mass is 16.6. The molecule has 0 unspecified atom stereocenters. The number of rotatable bonds is 8. The number of phenolic OH excluding ortho intramolecular Hbond substituents is 1. The lowest BCUT2D eigenvalue weighted by Crippen LogP contribution is -2.73. The summed E-state index contributed by atoms with van der Waals surface area (Å²) in [5.41, 5.74) is 0.834. The second kappa shape index (κ2) is 10.4. The maximum absolute atomic E-state index is 13.0. The molecule has 3 aliphatic heterocycles. The number of fused-ring (bicyclic) bond motifs is 1. The number of β-lactam (4-membered cyclic amide) rings is 1. The largest absolute Gasteiger partial charge is 0.508 e. The van der Waals surface area contributed by atoms with Crippen LogP contribution in [0.25, 0.3) is 0 Å². The fraction of sp³-hybridized carbons (Fsp3) is 0.280. The van der Waals surface area contributed by atoms with Gasteiger partial charge in [-0.25, -0.2) is 9.59 Å². The average molecular weight is 495 g/mol. The summed E-state index contributed by atoms with van der Waals surface area (Å²) in [5, 5.41) is 12.0. The summed E-state index contributed by atoms with van der Waals surface area (Å²) in [6.45, 7) is 7.22. The number of phenols is 1. The van der Waals surface area contributed by atoms with Crippen molar-refractivity contribution < 1.29 is 38.5 Å². The first kappa shape index (κ1) is 24.6. The number of esters is 1. The van der Waals surface area contributed by atoms with E-state index in [2.05, 4.69) is 18.5 Å². The van der Waals surface area contributed by atoms with Gasteiger partial charge in [0.25, 0.3) is 11.8 Å². The zero-order valence-electron chi connectivity index (χ0n) is 19.3. The van der Waals surface area contributed by atoms with E-state index in [9.17, 15) is 24.3 Å². The van der Waals surface area contributed by atoms with Crippen LogP contribution in [0.4, 0.5) is 10.5 Å². The van der Waals surface area contributed by atoms with Gasteiger partial charge in [0.2, 0.25) is 0 Å². The number of carbonyl (C=O) groups excluding carboxylic acids is 4. The fourth-order valence-electron chi connectivity index (χ4n) is 4.11. The van der Waals surface area contributed by atoms with Gasteiger partial charge in [0.05, 0.1) is 0 Å². The molecule has 36 heavy (non-hydrogen) atoms. The quantitative estimate of drug-likeness (QED) is 0.240. The molecule has 1 aromatic rings. The lowest BCUT2D eigenvalue weighted by Gasteiger charge is -2.49. The Morgan fingerprint density at radius 1 is 1.14 bits per heavy atom. The van der Waals surface area contributed by atoms with Crippen LogP contribution in [0.3, 0.4) is 0 Å². The molecule has 3 amide bonds. The number of nitrogens with zero attached hydrogens (tertiary/aromatic N) is 2. The highest BCUT2D eigenvalue weighted by Crippen LogP contribution is 2.35. The van der Waals surface area contributed by atoms with E-state index in [1.807, 2.05) is 0 Å². The standard InChI is InChI=1S/C25H25N3O8/c1-3-11-34-24(32)21-19(13-15-9-10-27(22(15)30)16-5-7-17(29)8-6-16)36-14-18-20(23(31)28(18)21)26-25(33)35-12-4-2/h3-8,13,18,20,29H,1-2,9-12,14H2,(H,26,33)/b15-13+/t18-,20+/m1/s1. The minimum absolute atomic E-state index is 0.0225. The van der Waals surface area contributed by atoms with Gasteiger partial charge >= 0.3 is 12.1 Å². The Hall–Kier alpha value is -4.54. The second-order valence-corrected chi connectivity index (χ2v) is 8.09. The zero-order chi connectivity index (χ0) is 25.8. The molecule has 11 heteroatoms. The number of alkyl carbamates (subject to hydrolysis) is 1. The van der Waals surface area contributed by atoms with Crippen LogP contribution in [0, 0.1) is 0 Å².